The Morgan fingerprint density at radius 3 is 2.67 bits per heavy atom. The van der Waals surface area contributed by atoms with E-state index < -0.39 is 30.8 Å². The number of aromatic nitrogens is 1. The maximum Gasteiger partial charge on any atom is 0.387 e. The van der Waals surface area contributed by atoms with Crippen molar-refractivity contribution in [3.8, 4) is 22.4 Å². The number of hydrogen-bond donors (Lipinski definition) is 1. The van der Waals surface area contributed by atoms with Crippen LogP contribution in [0.1, 0.15) is 50.5 Å². The SMILES string of the molecule is CC(C)(C)C1CN(Cc2cnc(-c3cc(C#N)ccc3OC(F)F)s2)C[C@](CCC(F)F)(C(=O)O)C1. The lowest BCUT2D eigenvalue weighted by Crippen LogP contribution is -2.53. The Kier molecular flexibility index (Phi) is 8.62. The minimum absolute atomic E-state index is 0.0363. The summed E-state index contributed by atoms with van der Waals surface area (Å²) in [6, 6.07) is 6.06. The number of ether oxygens (including phenoxy) is 1. The standard InChI is InChI=1S/C25H29F4N3O3S/c1-24(2,3)16-9-25(22(33)34,7-6-20(26)27)14-32(12-16)13-17-11-31-21(36-17)18-8-15(10-30)4-5-19(18)35-23(28)29/h4-5,8,11,16,20,23H,6-7,9,12-14H2,1-3H3,(H,33,34)/t16?,25-/m1/s1. The third-order valence-electron chi connectivity index (χ3n) is 6.65. The van der Waals surface area contributed by atoms with Crippen molar-refractivity contribution in [2.24, 2.45) is 16.7 Å². The first kappa shape index (κ1) is 27.9. The molecule has 11 heteroatoms. The summed E-state index contributed by atoms with van der Waals surface area (Å²) in [6.45, 7) is 4.03. The van der Waals surface area contributed by atoms with E-state index in [-0.39, 0.29) is 41.2 Å². The number of alkyl halides is 4. The maximum absolute atomic E-state index is 13.0. The number of aliphatic carboxylic acids is 1. The molecule has 3 rings (SSSR count). The Morgan fingerprint density at radius 2 is 2.08 bits per heavy atom. The van der Waals surface area contributed by atoms with Crippen molar-refractivity contribution in [1.29, 1.82) is 5.26 Å². The molecule has 0 aliphatic carbocycles. The lowest BCUT2D eigenvalue weighted by molar-refractivity contribution is -0.157. The van der Waals surface area contributed by atoms with E-state index in [1.807, 2.05) is 31.7 Å². The zero-order chi connectivity index (χ0) is 26.7. The van der Waals surface area contributed by atoms with Gasteiger partial charge in [0, 0.05) is 37.1 Å². The van der Waals surface area contributed by atoms with Gasteiger partial charge >= 0.3 is 12.6 Å². The van der Waals surface area contributed by atoms with Gasteiger partial charge in [0.25, 0.3) is 0 Å². The molecule has 1 aromatic heterocycles. The third-order valence-corrected chi connectivity index (χ3v) is 7.67. The first-order valence-corrected chi connectivity index (χ1v) is 12.3. The fraction of sp³-hybridized carbons (Fsp3) is 0.560. The van der Waals surface area contributed by atoms with E-state index in [1.165, 1.54) is 29.5 Å². The van der Waals surface area contributed by atoms with Gasteiger partial charge in [-0.3, -0.25) is 9.69 Å². The second-order valence-corrected chi connectivity index (χ2v) is 11.4. The molecule has 6 nitrogen and oxygen atoms in total. The molecule has 1 saturated heterocycles. The average molecular weight is 528 g/mol. The first-order chi connectivity index (χ1) is 16.8. The summed E-state index contributed by atoms with van der Waals surface area (Å²) >= 11 is 1.22. The van der Waals surface area contributed by atoms with Gasteiger partial charge in [0.2, 0.25) is 6.43 Å². The molecule has 1 aliphatic rings. The van der Waals surface area contributed by atoms with Crippen molar-refractivity contribution in [3.63, 3.8) is 0 Å². The summed E-state index contributed by atoms with van der Waals surface area (Å²) in [5.74, 6) is -1.22. The van der Waals surface area contributed by atoms with E-state index in [1.54, 1.807) is 6.20 Å². The molecule has 1 fully saturated rings. The van der Waals surface area contributed by atoms with Gasteiger partial charge in [0.1, 0.15) is 10.8 Å². The van der Waals surface area contributed by atoms with Crippen LogP contribution in [0.4, 0.5) is 17.6 Å². The molecular weight excluding hydrogens is 498 g/mol. The van der Waals surface area contributed by atoms with Gasteiger partial charge in [-0.1, -0.05) is 20.8 Å². The largest absolute Gasteiger partial charge is 0.481 e. The Hall–Kier alpha value is -2.71. The highest BCUT2D eigenvalue weighted by molar-refractivity contribution is 7.15. The van der Waals surface area contributed by atoms with E-state index in [0.29, 0.717) is 24.5 Å². The number of benzene rings is 1. The summed E-state index contributed by atoms with van der Waals surface area (Å²) in [6.07, 6.45) is -1.29. The van der Waals surface area contributed by atoms with E-state index in [4.69, 9.17) is 0 Å². The number of carboxylic acid groups (broad SMARTS) is 1. The van der Waals surface area contributed by atoms with Gasteiger partial charge in [0.15, 0.2) is 0 Å². The smallest absolute Gasteiger partial charge is 0.387 e. The van der Waals surface area contributed by atoms with Crippen LogP contribution in [0.25, 0.3) is 10.6 Å². The molecule has 1 unspecified atom stereocenters. The molecule has 36 heavy (non-hydrogen) atoms. The third kappa shape index (κ3) is 6.73. The Morgan fingerprint density at radius 1 is 1.36 bits per heavy atom. The number of hydrogen-bond acceptors (Lipinski definition) is 6. The predicted molar refractivity (Wildman–Crippen MR) is 127 cm³/mol. The highest BCUT2D eigenvalue weighted by Gasteiger charge is 2.48. The van der Waals surface area contributed by atoms with Crippen LogP contribution in [0.3, 0.4) is 0 Å². The van der Waals surface area contributed by atoms with E-state index in [2.05, 4.69) is 9.72 Å². The topological polar surface area (TPSA) is 86.5 Å². The van der Waals surface area contributed by atoms with Crippen LogP contribution in [-0.4, -0.2) is 47.1 Å². The molecule has 0 bridgehead atoms. The van der Waals surface area contributed by atoms with Crippen molar-refractivity contribution < 1.29 is 32.2 Å². The van der Waals surface area contributed by atoms with Crippen LogP contribution < -0.4 is 4.74 Å². The van der Waals surface area contributed by atoms with Crippen LogP contribution in [0, 0.1) is 28.1 Å². The normalized spacial score (nSPS) is 21.1. The van der Waals surface area contributed by atoms with Gasteiger partial charge < -0.3 is 9.84 Å². The van der Waals surface area contributed by atoms with Crippen molar-refractivity contribution in [2.45, 2.75) is 59.6 Å². The minimum atomic E-state index is -3.05. The van der Waals surface area contributed by atoms with Gasteiger partial charge in [-0.2, -0.15) is 14.0 Å². The van der Waals surface area contributed by atoms with Crippen molar-refractivity contribution in [3.05, 3.63) is 34.8 Å². The summed E-state index contributed by atoms with van der Waals surface area (Å²) in [7, 11) is 0. The highest BCUT2D eigenvalue weighted by Crippen LogP contribution is 2.45. The average Bonchev–Trinajstić information content (AvgIpc) is 3.25. The quantitative estimate of drug-likeness (QED) is 0.387. The van der Waals surface area contributed by atoms with Gasteiger partial charge in [-0.25, -0.2) is 13.8 Å². The van der Waals surface area contributed by atoms with Gasteiger partial charge in [-0.05, 0) is 42.4 Å². The number of thiazole rings is 1. The molecule has 2 atom stereocenters. The number of nitrogens with zero attached hydrogens (tertiary/aromatic N) is 3. The maximum atomic E-state index is 13.0. The molecule has 0 saturated carbocycles. The Balaban J connectivity index is 1.89. The number of rotatable bonds is 9. The fourth-order valence-corrected chi connectivity index (χ4v) is 5.60. The number of carboxylic acids is 1. The monoisotopic (exact) mass is 527 g/mol. The molecule has 1 aromatic carbocycles. The Labute approximate surface area is 211 Å². The number of halogens is 4. The van der Waals surface area contributed by atoms with E-state index >= 15 is 0 Å². The molecule has 0 radical (unpaired) electrons. The molecule has 1 N–H and O–H groups in total. The molecule has 0 amide bonds. The Bertz CT molecular complexity index is 1110. The number of carbonyl (C=O) groups is 1. The lowest BCUT2D eigenvalue weighted by atomic mass is 9.65. The molecular formula is C25H29F4N3O3S. The summed E-state index contributed by atoms with van der Waals surface area (Å²) < 4.78 is 56.5. The molecule has 2 aromatic rings. The lowest BCUT2D eigenvalue weighted by Gasteiger charge is -2.48. The van der Waals surface area contributed by atoms with Crippen LogP contribution >= 0.6 is 11.3 Å². The minimum Gasteiger partial charge on any atom is -0.481 e. The van der Waals surface area contributed by atoms with Crippen LogP contribution in [-0.2, 0) is 11.3 Å². The summed E-state index contributed by atoms with van der Waals surface area (Å²) in [4.78, 5) is 19.4. The molecule has 2 heterocycles. The van der Waals surface area contributed by atoms with E-state index in [0.717, 1.165) is 4.88 Å². The molecule has 1 aliphatic heterocycles. The first-order valence-electron chi connectivity index (χ1n) is 11.5. The second kappa shape index (κ2) is 11.1. The van der Waals surface area contributed by atoms with Crippen LogP contribution in [0.5, 0.6) is 5.75 Å². The van der Waals surface area contributed by atoms with Crippen LogP contribution in [0.15, 0.2) is 24.4 Å². The molecule has 196 valence electrons. The van der Waals surface area contributed by atoms with Gasteiger partial charge in [0.05, 0.1) is 22.6 Å². The summed E-state index contributed by atoms with van der Waals surface area (Å²) in [5, 5.41) is 19.7. The zero-order valence-electron chi connectivity index (χ0n) is 20.3. The fourth-order valence-electron chi connectivity index (χ4n) is 4.62. The number of piperidine rings is 1. The highest BCUT2D eigenvalue weighted by atomic mass is 32.1. The van der Waals surface area contributed by atoms with Crippen molar-refractivity contribution in [2.75, 3.05) is 13.1 Å². The van der Waals surface area contributed by atoms with E-state index in [9.17, 15) is 32.7 Å². The summed E-state index contributed by atoms with van der Waals surface area (Å²) in [5.41, 5.74) is -1.01. The van der Waals surface area contributed by atoms with Crippen molar-refractivity contribution >= 4 is 17.3 Å². The second-order valence-electron chi connectivity index (χ2n) is 10.3. The zero-order valence-corrected chi connectivity index (χ0v) is 21.1. The van der Waals surface area contributed by atoms with Crippen LogP contribution in [0.2, 0.25) is 0 Å². The molecule has 0 spiro atoms. The number of nitriles is 1. The predicted octanol–water partition coefficient (Wildman–Crippen LogP) is 6.27. The number of likely N-dealkylation sites (tertiary alicyclic amines) is 1. The van der Waals surface area contributed by atoms with Gasteiger partial charge in [-0.15, -0.1) is 11.3 Å². The van der Waals surface area contributed by atoms with Crippen molar-refractivity contribution in [1.82, 2.24) is 9.88 Å².